The maximum atomic E-state index is 13.7. The molecule has 184 valence electrons. The molecule has 4 atom stereocenters. The topological polar surface area (TPSA) is 38.3 Å². The normalized spacial score (nSPS) is 21.7. The molecular weight excluding hydrogens is 446 g/mol. The second-order valence-corrected chi connectivity index (χ2v) is 16.2. The summed E-state index contributed by atoms with van der Waals surface area (Å²) in [5.74, 6) is 0.427. The van der Waals surface area contributed by atoms with E-state index in [-0.39, 0.29) is 40.8 Å². The Morgan fingerprint density at radius 3 is 1.66 bits per heavy atom. The van der Waals surface area contributed by atoms with Crippen LogP contribution in [0.2, 0.25) is 18.1 Å². The van der Waals surface area contributed by atoms with Gasteiger partial charge in [-0.2, -0.15) is 0 Å². The van der Waals surface area contributed by atoms with Crippen LogP contribution in [-0.4, -0.2) is 20.3 Å². The predicted octanol–water partition coefficient (Wildman–Crippen LogP) is 7.45. The van der Waals surface area contributed by atoms with Gasteiger partial charge in [0, 0.05) is 11.8 Å². The molecule has 0 heterocycles. The third-order valence-electron chi connectivity index (χ3n) is 7.87. The molecule has 4 rings (SSSR count). The van der Waals surface area contributed by atoms with Gasteiger partial charge in [-0.15, -0.1) is 0 Å². The van der Waals surface area contributed by atoms with Crippen LogP contribution in [0.1, 0.15) is 62.3 Å². The zero-order chi connectivity index (χ0) is 25.2. The summed E-state index contributed by atoms with van der Waals surface area (Å²) in [6.07, 6.45) is -0.190. The van der Waals surface area contributed by atoms with Crippen LogP contribution in [0.3, 0.4) is 0 Å². The number of benzene rings is 3. The van der Waals surface area contributed by atoms with E-state index in [1.807, 2.05) is 30.3 Å². The summed E-state index contributed by atoms with van der Waals surface area (Å²) >= 11 is 0. The molecule has 0 saturated heterocycles. The molecule has 1 N–H and O–H groups in total. The Balaban J connectivity index is 1.57. The molecule has 0 radical (unpaired) electrons. The molecule has 3 nitrogen and oxygen atoms in total. The molecule has 1 fully saturated rings. The summed E-state index contributed by atoms with van der Waals surface area (Å²) in [5, 5.41) is 3.45. The van der Waals surface area contributed by atoms with Gasteiger partial charge in [-0.3, -0.25) is 4.79 Å². The van der Waals surface area contributed by atoms with Crippen molar-refractivity contribution in [3.8, 4) is 0 Å². The number of hydrogen-bond acceptors (Lipinski definition) is 2. The van der Waals surface area contributed by atoms with Gasteiger partial charge < -0.3 is 9.74 Å². The summed E-state index contributed by atoms with van der Waals surface area (Å²) in [4.78, 5) is 13.7. The molecule has 35 heavy (non-hydrogen) atoms. The van der Waals surface area contributed by atoms with E-state index < -0.39 is 8.32 Å². The average molecular weight is 486 g/mol. The van der Waals surface area contributed by atoms with Crippen LogP contribution in [0.15, 0.2) is 91.0 Å². The van der Waals surface area contributed by atoms with E-state index in [9.17, 15) is 4.79 Å². The molecule has 0 aromatic heterocycles. The van der Waals surface area contributed by atoms with Crippen molar-refractivity contribution in [1.29, 1.82) is 0 Å². The van der Waals surface area contributed by atoms with Gasteiger partial charge in [0.2, 0.25) is 5.91 Å². The van der Waals surface area contributed by atoms with E-state index >= 15 is 0 Å². The van der Waals surface area contributed by atoms with Gasteiger partial charge >= 0.3 is 0 Å². The zero-order valence-corrected chi connectivity index (χ0v) is 22.9. The van der Waals surface area contributed by atoms with Gasteiger partial charge in [0.25, 0.3) is 0 Å². The highest BCUT2D eigenvalue weighted by molar-refractivity contribution is 6.74. The third-order valence-corrected chi connectivity index (χ3v) is 12.3. The number of rotatable bonds is 8. The lowest BCUT2D eigenvalue weighted by Crippen LogP contribution is -2.47. The van der Waals surface area contributed by atoms with Crippen molar-refractivity contribution in [2.75, 3.05) is 0 Å². The predicted molar refractivity (Wildman–Crippen MR) is 147 cm³/mol. The fourth-order valence-electron chi connectivity index (χ4n) is 4.81. The van der Waals surface area contributed by atoms with Crippen LogP contribution in [0.5, 0.6) is 0 Å². The molecule has 0 unspecified atom stereocenters. The highest BCUT2D eigenvalue weighted by Crippen LogP contribution is 2.60. The molecule has 1 amide bonds. The summed E-state index contributed by atoms with van der Waals surface area (Å²) in [7, 11) is -2.06. The van der Waals surface area contributed by atoms with E-state index in [0.29, 0.717) is 0 Å². The fourth-order valence-corrected chi connectivity index (χ4v) is 6.14. The van der Waals surface area contributed by atoms with E-state index in [2.05, 4.69) is 107 Å². The Bertz CT molecular complexity index is 1060. The lowest BCUT2D eigenvalue weighted by Gasteiger charge is -2.41. The first-order chi connectivity index (χ1) is 16.6. The first-order valence-electron chi connectivity index (χ1n) is 12.7. The Kier molecular flexibility index (Phi) is 7.34. The number of amides is 1. The first-order valence-corrected chi connectivity index (χ1v) is 15.6. The molecule has 0 aliphatic heterocycles. The van der Waals surface area contributed by atoms with Gasteiger partial charge in [-0.1, -0.05) is 112 Å². The number of hydrogen-bond donors (Lipinski definition) is 1. The number of carbonyl (C=O) groups excluding carboxylic acids is 1. The van der Waals surface area contributed by atoms with Crippen molar-refractivity contribution in [2.24, 2.45) is 5.92 Å². The summed E-state index contributed by atoms with van der Waals surface area (Å²) in [5.41, 5.74) is 3.57. The molecule has 3 aromatic rings. The number of nitrogens with one attached hydrogen (secondary N) is 1. The van der Waals surface area contributed by atoms with Crippen molar-refractivity contribution in [1.82, 2.24) is 5.32 Å². The Morgan fingerprint density at radius 1 is 0.800 bits per heavy atom. The van der Waals surface area contributed by atoms with Gasteiger partial charge in [-0.05, 0) is 41.7 Å². The zero-order valence-electron chi connectivity index (χ0n) is 21.9. The largest absolute Gasteiger partial charge is 0.408 e. The van der Waals surface area contributed by atoms with E-state index in [0.717, 1.165) is 5.56 Å². The standard InChI is InChI=1S/C31H39NO2Si/c1-22(29(25-20-14-9-15-21-25)34-35(5,6)31(2,3)4)32-30(33)28-26(23-16-10-7-11-17-23)27(28)24-18-12-8-13-19-24/h7-22,26-29H,1-6H3,(H,32,33)/t22-,26-,27-,29-/m0/s1. The smallest absolute Gasteiger partial charge is 0.224 e. The molecule has 1 saturated carbocycles. The van der Waals surface area contributed by atoms with E-state index in [1.165, 1.54) is 11.1 Å². The Labute approximate surface area is 212 Å². The SMILES string of the molecule is C[C@H](NC(=O)C1[C@@H](c2ccccc2)[C@@H]1c1ccccc1)[C@H](O[Si](C)(C)C(C)(C)C)c1ccccc1. The minimum absolute atomic E-state index is 0.0773. The average Bonchev–Trinajstić information content (AvgIpc) is 3.59. The molecule has 0 bridgehead atoms. The first kappa shape index (κ1) is 25.4. The highest BCUT2D eigenvalue weighted by Gasteiger charge is 2.56. The highest BCUT2D eigenvalue weighted by atomic mass is 28.4. The van der Waals surface area contributed by atoms with Crippen molar-refractivity contribution in [3.05, 3.63) is 108 Å². The second-order valence-electron chi connectivity index (χ2n) is 11.4. The van der Waals surface area contributed by atoms with Gasteiger partial charge in [-0.25, -0.2) is 0 Å². The minimum Gasteiger partial charge on any atom is -0.408 e. The van der Waals surface area contributed by atoms with E-state index in [1.54, 1.807) is 0 Å². The van der Waals surface area contributed by atoms with Crippen molar-refractivity contribution >= 4 is 14.2 Å². The Hall–Kier alpha value is -2.69. The van der Waals surface area contributed by atoms with Crippen LogP contribution in [0.25, 0.3) is 0 Å². The van der Waals surface area contributed by atoms with Gasteiger partial charge in [0.1, 0.15) is 0 Å². The molecule has 3 aromatic carbocycles. The van der Waals surface area contributed by atoms with Gasteiger partial charge in [0.15, 0.2) is 8.32 Å². The summed E-state index contributed by atoms with van der Waals surface area (Å²) in [6.45, 7) is 13.4. The van der Waals surface area contributed by atoms with Crippen LogP contribution in [0, 0.1) is 5.92 Å². The molecule has 4 heteroatoms. The van der Waals surface area contributed by atoms with E-state index in [4.69, 9.17) is 4.43 Å². The second kappa shape index (κ2) is 10.1. The Morgan fingerprint density at radius 2 is 1.23 bits per heavy atom. The van der Waals surface area contributed by atoms with Crippen LogP contribution >= 0.6 is 0 Å². The molecule has 1 aliphatic carbocycles. The van der Waals surface area contributed by atoms with Crippen molar-refractivity contribution in [2.45, 2.75) is 69.8 Å². The third kappa shape index (κ3) is 5.60. The quantitative estimate of drug-likeness (QED) is 0.336. The summed E-state index contributed by atoms with van der Waals surface area (Å²) < 4.78 is 6.90. The maximum Gasteiger partial charge on any atom is 0.224 e. The number of carbonyl (C=O) groups is 1. The molecule has 0 spiro atoms. The molecular formula is C31H39NO2Si. The monoisotopic (exact) mass is 485 g/mol. The van der Waals surface area contributed by atoms with Gasteiger partial charge in [0.05, 0.1) is 18.1 Å². The van der Waals surface area contributed by atoms with Crippen molar-refractivity contribution in [3.63, 3.8) is 0 Å². The van der Waals surface area contributed by atoms with Crippen LogP contribution < -0.4 is 5.32 Å². The van der Waals surface area contributed by atoms with Crippen molar-refractivity contribution < 1.29 is 9.22 Å². The lowest BCUT2D eigenvalue weighted by molar-refractivity contribution is -0.123. The maximum absolute atomic E-state index is 13.7. The van der Waals surface area contributed by atoms with Crippen LogP contribution in [0.4, 0.5) is 0 Å². The molecule has 1 aliphatic rings. The fraction of sp³-hybridized carbons (Fsp3) is 0.387. The van der Waals surface area contributed by atoms with Crippen LogP contribution in [-0.2, 0) is 9.22 Å². The summed E-state index contributed by atoms with van der Waals surface area (Å²) in [6, 6.07) is 31.1. The minimum atomic E-state index is -2.06. The lowest BCUT2D eigenvalue weighted by atomic mass is 10.0.